The zero-order valence-electron chi connectivity index (χ0n) is 10.9. The SMILES string of the molecule is CC(=O)NC1(C(=O)O)CCN(c2ccccc2)CC1. The number of rotatable bonds is 3. The lowest BCUT2D eigenvalue weighted by molar-refractivity contribution is -0.148. The Balaban J connectivity index is 2.08. The fraction of sp³-hybridized carbons (Fsp3) is 0.429. The van der Waals surface area contributed by atoms with Crippen molar-refractivity contribution < 1.29 is 14.7 Å². The van der Waals surface area contributed by atoms with E-state index in [2.05, 4.69) is 10.2 Å². The maximum absolute atomic E-state index is 11.4. The molecule has 1 aliphatic rings. The number of carboxylic acids is 1. The standard InChI is InChI=1S/C14H18N2O3/c1-11(17)15-14(13(18)19)7-9-16(10-8-14)12-5-3-2-4-6-12/h2-6H,7-10H2,1H3,(H,15,17)(H,18,19). The first-order valence-corrected chi connectivity index (χ1v) is 6.36. The van der Waals surface area contributed by atoms with Gasteiger partial charge in [-0.15, -0.1) is 0 Å². The van der Waals surface area contributed by atoms with Crippen LogP contribution in [0, 0.1) is 0 Å². The van der Waals surface area contributed by atoms with Crippen LogP contribution >= 0.6 is 0 Å². The molecular weight excluding hydrogens is 244 g/mol. The lowest BCUT2D eigenvalue weighted by atomic mass is 9.87. The van der Waals surface area contributed by atoms with Crippen LogP contribution in [0.4, 0.5) is 5.69 Å². The number of nitrogens with one attached hydrogen (secondary N) is 1. The number of carbonyl (C=O) groups is 2. The van der Waals surface area contributed by atoms with Crippen molar-refractivity contribution in [3.05, 3.63) is 30.3 Å². The van der Waals surface area contributed by atoms with E-state index < -0.39 is 11.5 Å². The Labute approximate surface area is 112 Å². The summed E-state index contributed by atoms with van der Waals surface area (Å²) in [4.78, 5) is 24.7. The van der Waals surface area contributed by atoms with Crippen LogP contribution in [0.3, 0.4) is 0 Å². The van der Waals surface area contributed by atoms with E-state index in [0.29, 0.717) is 25.9 Å². The Kier molecular flexibility index (Phi) is 3.74. The molecule has 0 spiro atoms. The van der Waals surface area contributed by atoms with Crippen molar-refractivity contribution in [1.29, 1.82) is 0 Å². The predicted molar refractivity (Wildman–Crippen MR) is 72.1 cm³/mol. The molecule has 0 aliphatic carbocycles. The van der Waals surface area contributed by atoms with Gasteiger partial charge in [-0.25, -0.2) is 4.79 Å². The van der Waals surface area contributed by atoms with Crippen LogP contribution in [0.2, 0.25) is 0 Å². The zero-order valence-corrected chi connectivity index (χ0v) is 10.9. The molecule has 5 nitrogen and oxygen atoms in total. The molecule has 0 aromatic heterocycles. The molecule has 1 heterocycles. The van der Waals surface area contributed by atoms with E-state index >= 15 is 0 Å². The van der Waals surface area contributed by atoms with Gasteiger partial charge in [-0.1, -0.05) is 18.2 Å². The highest BCUT2D eigenvalue weighted by Crippen LogP contribution is 2.26. The molecule has 0 bridgehead atoms. The van der Waals surface area contributed by atoms with Crippen molar-refractivity contribution in [3.63, 3.8) is 0 Å². The maximum atomic E-state index is 11.4. The summed E-state index contributed by atoms with van der Waals surface area (Å²) in [7, 11) is 0. The number of hydrogen-bond donors (Lipinski definition) is 2. The average molecular weight is 262 g/mol. The number of anilines is 1. The molecule has 1 fully saturated rings. The molecule has 1 aromatic rings. The highest BCUT2D eigenvalue weighted by molar-refractivity contribution is 5.86. The summed E-state index contributed by atoms with van der Waals surface area (Å²) >= 11 is 0. The van der Waals surface area contributed by atoms with E-state index in [1.807, 2.05) is 30.3 Å². The molecule has 5 heteroatoms. The van der Waals surface area contributed by atoms with E-state index in [-0.39, 0.29) is 5.91 Å². The molecule has 1 saturated heterocycles. The minimum absolute atomic E-state index is 0.296. The van der Waals surface area contributed by atoms with E-state index in [1.54, 1.807) is 0 Å². The van der Waals surface area contributed by atoms with Crippen LogP contribution in [0.1, 0.15) is 19.8 Å². The molecule has 0 atom stereocenters. The lowest BCUT2D eigenvalue weighted by Gasteiger charge is -2.40. The number of hydrogen-bond acceptors (Lipinski definition) is 3. The number of piperidine rings is 1. The van der Waals surface area contributed by atoms with Crippen molar-refractivity contribution in [2.45, 2.75) is 25.3 Å². The number of carbonyl (C=O) groups excluding carboxylic acids is 1. The molecule has 0 radical (unpaired) electrons. The van der Waals surface area contributed by atoms with Gasteiger partial charge in [-0.2, -0.15) is 0 Å². The highest BCUT2D eigenvalue weighted by Gasteiger charge is 2.42. The molecule has 1 aliphatic heterocycles. The van der Waals surface area contributed by atoms with Gasteiger partial charge in [-0.05, 0) is 25.0 Å². The molecule has 1 amide bonds. The highest BCUT2D eigenvalue weighted by atomic mass is 16.4. The molecule has 1 aromatic carbocycles. The summed E-state index contributed by atoms with van der Waals surface area (Å²) in [6.07, 6.45) is 0.827. The minimum Gasteiger partial charge on any atom is -0.480 e. The van der Waals surface area contributed by atoms with E-state index in [4.69, 9.17) is 0 Å². The van der Waals surface area contributed by atoms with Gasteiger partial charge in [0.1, 0.15) is 5.54 Å². The summed E-state index contributed by atoms with van der Waals surface area (Å²) in [5.74, 6) is -1.24. The molecular formula is C14H18N2O3. The number of benzene rings is 1. The van der Waals surface area contributed by atoms with E-state index in [1.165, 1.54) is 6.92 Å². The maximum Gasteiger partial charge on any atom is 0.329 e. The third kappa shape index (κ3) is 2.86. The Morgan fingerprint density at radius 3 is 2.26 bits per heavy atom. The zero-order chi connectivity index (χ0) is 13.9. The summed E-state index contributed by atoms with van der Waals surface area (Å²) < 4.78 is 0. The van der Waals surface area contributed by atoms with Crippen molar-refractivity contribution in [2.75, 3.05) is 18.0 Å². The minimum atomic E-state index is -1.11. The quantitative estimate of drug-likeness (QED) is 0.860. The second-order valence-electron chi connectivity index (χ2n) is 4.89. The van der Waals surface area contributed by atoms with E-state index in [9.17, 15) is 14.7 Å². The summed E-state index contributed by atoms with van der Waals surface area (Å²) in [5, 5.41) is 12.0. The molecule has 2 rings (SSSR count). The fourth-order valence-electron chi connectivity index (χ4n) is 2.51. The first-order valence-electron chi connectivity index (χ1n) is 6.36. The van der Waals surface area contributed by atoms with Crippen LogP contribution in [-0.2, 0) is 9.59 Å². The normalized spacial score (nSPS) is 17.8. The van der Waals surface area contributed by atoms with Gasteiger partial charge < -0.3 is 15.3 Å². The van der Waals surface area contributed by atoms with E-state index in [0.717, 1.165) is 5.69 Å². The van der Waals surface area contributed by atoms with Gasteiger partial charge in [0, 0.05) is 25.7 Å². The molecule has 102 valence electrons. The largest absolute Gasteiger partial charge is 0.480 e. The van der Waals surface area contributed by atoms with Crippen molar-refractivity contribution in [1.82, 2.24) is 5.32 Å². The smallest absolute Gasteiger partial charge is 0.329 e. The summed E-state index contributed by atoms with van der Waals surface area (Å²) in [6, 6.07) is 9.88. The predicted octanol–water partition coefficient (Wildman–Crippen LogP) is 1.25. The molecule has 0 unspecified atom stereocenters. The van der Waals surface area contributed by atoms with Gasteiger partial charge in [0.05, 0.1) is 0 Å². The van der Waals surface area contributed by atoms with Gasteiger partial charge in [0.25, 0.3) is 0 Å². The van der Waals surface area contributed by atoms with Crippen molar-refractivity contribution in [3.8, 4) is 0 Å². The topological polar surface area (TPSA) is 69.6 Å². The van der Waals surface area contributed by atoms with Gasteiger partial charge >= 0.3 is 5.97 Å². The van der Waals surface area contributed by atoms with Crippen LogP contribution in [-0.4, -0.2) is 35.6 Å². The first-order chi connectivity index (χ1) is 9.03. The number of amides is 1. The summed E-state index contributed by atoms with van der Waals surface area (Å²) in [5.41, 5.74) is -0.0266. The van der Waals surface area contributed by atoms with Crippen LogP contribution in [0.25, 0.3) is 0 Å². The monoisotopic (exact) mass is 262 g/mol. The molecule has 0 saturated carbocycles. The van der Waals surface area contributed by atoms with Gasteiger partial charge in [0.2, 0.25) is 5.91 Å². The number of carboxylic acid groups (broad SMARTS) is 1. The number of para-hydroxylation sites is 1. The van der Waals surface area contributed by atoms with Gasteiger partial charge in [0.15, 0.2) is 0 Å². The number of nitrogens with zero attached hydrogens (tertiary/aromatic N) is 1. The Morgan fingerprint density at radius 1 is 1.21 bits per heavy atom. The second-order valence-corrected chi connectivity index (χ2v) is 4.89. The second kappa shape index (κ2) is 5.30. The van der Waals surface area contributed by atoms with Crippen molar-refractivity contribution >= 4 is 17.6 Å². The Hall–Kier alpha value is -2.04. The molecule has 19 heavy (non-hydrogen) atoms. The van der Waals surface area contributed by atoms with Crippen LogP contribution in [0.15, 0.2) is 30.3 Å². The third-order valence-electron chi connectivity index (χ3n) is 3.56. The number of aliphatic carboxylic acids is 1. The average Bonchev–Trinajstić information content (AvgIpc) is 2.39. The summed E-state index contributed by atoms with van der Waals surface area (Å²) in [6.45, 7) is 2.60. The Morgan fingerprint density at radius 2 is 1.79 bits per heavy atom. The van der Waals surface area contributed by atoms with Crippen molar-refractivity contribution in [2.24, 2.45) is 0 Å². The third-order valence-corrected chi connectivity index (χ3v) is 3.56. The molecule has 2 N–H and O–H groups in total. The van der Waals surface area contributed by atoms with Crippen LogP contribution in [0.5, 0.6) is 0 Å². The van der Waals surface area contributed by atoms with Crippen LogP contribution < -0.4 is 10.2 Å². The lowest BCUT2D eigenvalue weighted by Crippen LogP contribution is -2.59. The fourth-order valence-corrected chi connectivity index (χ4v) is 2.51. The Bertz CT molecular complexity index is 465. The first kappa shape index (κ1) is 13.4. The van der Waals surface area contributed by atoms with Gasteiger partial charge in [-0.3, -0.25) is 4.79 Å².